The normalized spacial score (nSPS) is 11.4. The minimum Gasteiger partial charge on any atom is -0.506 e. The van der Waals surface area contributed by atoms with E-state index in [9.17, 15) is 5.11 Å². The number of aromatic nitrogens is 1. The second kappa shape index (κ2) is 5.85. The molecule has 1 aromatic heterocycles. The average Bonchev–Trinajstić information content (AvgIpc) is 2.21. The van der Waals surface area contributed by atoms with Crippen molar-refractivity contribution in [3.8, 4) is 5.75 Å². The number of rotatable bonds is 5. The predicted molar refractivity (Wildman–Crippen MR) is 66.4 cm³/mol. The van der Waals surface area contributed by atoms with Gasteiger partial charge >= 0.3 is 0 Å². The summed E-state index contributed by atoms with van der Waals surface area (Å²) in [6.45, 7) is 11.2. The molecule has 1 heterocycles. The Morgan fingerprint density at radius 3 is 2.62 bits per heavy atom. The van der Waals surface area contributed by atoms with Crippen LogP contribution in [0.2, 0.25) is 0 Å². The van der Waals surface area contributed by atoms with Crippen molar-refractivity contribution in [3.05, 3.63) is 23.5 Å². The summed E-state index contributed by atoms with van der Waals surface area (Å²) in [6.07, 6.45) is 0. The Bertz CT molecular complexity index is 337. The summed E-state index contributed by atoms with van der Waals surface area (Å²) in [4.78, 5) is 6.67. The van der Waals surface area contributed by atoms with Gasteiger partial charge in [0.15, 0.2) is 0 Å². The molecule has 0 aromatic carbocycles. The van der Waals surface area contributed by atoms with Crippen LogP contribution in [0.5, 0.6) is 5.75 Å². The molecule has 0 radical (unpaired) electrons. The predicted octanol–water partition coefficient (Wildman–Crippen LogP) is 2.57. The van der Waals surface area contributed by atoms with Gasteiger partial charge < -0.3 is 5.11 Å². The molecule has 0 amide bonds. The van der Waals surface area contributed by atoms with Crippen molar-refractivity contribution >= 4 is 0 Å². The molecule has 16 heavy (non-hydrogen) atoms. The van der Waals surface area contributed by atoms with Gasteiger partial charge in [-0.25, -0.2) is 0 Å². The number of aromatic hydroxyl groups is 1. The van der Waals surface area contributed by atoms with Gasteiger partial charge in [0.05, 0.1) is 5.69 Å². The van der Waals surface area contributed by atoms with Gasteiger partial charge in [0.2, 0.25) is 0 Å². The third-order valence-corrected chi connectivity index (χ3v) is 2.53. The average molecular weight is 222 g/mol. The molecule has 0 saturated heterocycles. The Kier molecular flexibility index (Phi) is 4.74. The minimum absolute atomic E-state index is 0.299. The van der Waals surface area contributed by atoms with E-state index in [4.69, 9.17) is 0 Å². The van der Waals surface area contributed by atoms with E-state index < -0.39 is 0 Å². The molecule has 0 unspecified atom stereocenters. The highest BCUT2D eigenvalue weighted by atomic mass is 16.3. The van der Waals surface area contributed by atoms with Gasteiger partial charge in [-0.1, -0.05) is 20.8 Å². The standard InChI is InChI=1S/C13H22N2O/c1-5-15(8-10(2)3)9-12-13(16)7-6-11(4)14-12/h6-7,10,16H,5,8-9H2,1-4H3. The number of hydrogen-bond donors (Lipinski definition) is 1. The molecule has 0 bridgehead atoms. The molecule has 0 saturated carbocycles. The van der Waals surface area contributed by atoms with Crippen LogP contribution in [-0.2, 0) is 6.54 Å². The second-order valence-electron chi connectivity index (χ2n) is 4.64. The van der Waals surface area contributed by atoms with E-state index in [0.29, 0.717) is 11.7 Å². The zero-order valence-corrected chi connectivity index (χ0v) is 10.7. The highest BCUT2D eigenvalue weighted by Gasteiger charge is 2.10. The first-order chi connectivity index (χ1) is 7.52. The van der Waals surface area contributed by atoms with Crippen molar-refractivity contribution in [2.24, 2.45) is 5.92 Å². The number of hydrogen-bond acceptors (Lipinski definition) is 3. The van der Waals surface area contributed by atoms with Crippen molar-refractivity contribution in [1.82, 2.24) is 9.88 Å². The maximum absolute atomic E-state index is 9.72. The molecule has 3 heteroatoms. The maximum atomic E-state index is 9.72. The van der Waals surface area contributed by atoms with Crippen LogP contribution in [0.3, 0.4) is 0 Å². The van der Waals surface area contributed by atoms with Gasteiger partial charge in [0, 0.05) is 18.8 Å². The molecule has 0 atom stereocenters. The first kappa shape index (κ1) is 13.0. The molecule has 0 aliphatic rings. The minimum atomic E-state index is 0.299. The lowest BCUT2D eigenvalue weighted by atomic mass is 10.2. The van der Waals surface area contributed by atoms with Gasteiger partial charge in [-0.15, -0.1) is 0 Å². The van der Waals surface area contributed by atoms with Crippen LogP contribution < -0.4 is 0 Å². The molecular weight excluding hydrogens is 200 g/mol. The zero-order valence-electron chi connectivity index (χ0n) is 10.7. The molecule has 1 aromatic rings. The molecule has 0 fully saturated rings. The van der Waals surface area contributed by atoms with Crippen LogP contribution >= 0.6 is 0 Å². The van der Waals surface area contributed by atoms with Crippen molar-refractivity contribution < 1.29 is 5.11 Å². The van der Waals surface area contributed by atoms with Gasteiger partial charge in [0.1, 0.15) is 5.75 Å². The second-order valence-corrected chi connectivity index (χ2v) is 4.64. The van der Waals surface area contributed by atoms with Gasteiger partial charge in [-0.05, 0) is 31.5 Å². The zero-order chi connectivity index (χ0) is 12.1. The van der Waals surface area contributed by atoms with E-state index in [-0.39, 0.29) is 0 Å². The summed E-state index contributed by atoms with van der Waals surface area (Å²) in [5, 5.41) is 9.72. The molecule has 1 N–H and O–H groups in total. The first-order valence-corrected chi connectivity index (χ1v) is 5.90. The fraction of sp³-hybridized carbons (Fsp3) is 0.615. The van der Waals surface area contributed by atoms with Crippen LogP contribution in [-0.4, -0.2) is 28.1 Å². The van der Waals surface area contributed by atoms with Crippen LogP contribution in [0.1, 0.15) is 32.2 Å². The van der Waals surface area contributed by atoms with E-state index in [0.717, 1.165) is 31.0 Å². The molecule has 0 spiro atoms. The van der Waals surface area contributed by atoms with Crippen LogP contribution in [0.25, 0.3) is 0 Å². The summed E-state index contributed by atoms with van der Waals surface area (Å²) in [6, 6.07) is 3.55. The first-order valence-electron chi connectivity index (χ1n) is 5.90. The van der Waals surface area contributed by atoms with Crippen LogP contribution in [0.15, 0.2) is 12.1 Å². The van der Waals surface area contributed by atoms with Gasteiger partial charge in [-0.3, -0.25) is 9.88 Å². The quantitative estimate of drug-likeness (QED) is 0.832. The summed E-state index contributed by atoms with van der Waals surface area (Å²) >= 11 is 0. The van der Waals surface area contributed by atoms with Crippen molar-refractivity contribution in [2.75, 3.05) is 13.1 Å². The third-order valence-electron chi connectivity index (χ3n) is 2.53. The van der Waals surface area contributed by atoms with Crippen molar-refractivity contribution in [2.45, 2.75) is 34.2 Å². The van der Waals surface area contributed by atoms with E-state index >= 15 is 0 Å². The number of pyridine rings is 1. The third kappa shape index (κ3) is 3.81. The number of nitrogens with zero attached hydrogens (tertiary/aromatic N) is 2. The van der Waals surface area contributed by atoms with Crippen LogP contribution in [0, 0.1) is 12.8 Å². The fourth-order valence-electron chi connectivity index (χ4n) is 1.75. The Labute approximate surface area is 98.1 Å². The lowest BCUT2D eigenvalue weighted by Crippen LogP contribution is -2.27. The molecule has 0 aliphatic heterocycles. The topological polar surface area (TPSA) is 36.4 Å². The SMILES string of the molecule is CCN(Cc1nc(C)ccc1O)CC(C)C. The fourth-order valence-corrected chi connectivity index (χ4v) is 1.75. The van der Waals surface area contributed by atoms with Crippen LogP contribution in [0.4, 0.5) is 0 Å². The largest absolute Gasteiger partial charge is 0.506 e. The summed E-state index contributed by atoms with van der Waals surface area (Å²) in [7, 11) is 0. The van der Waals surface area contributed by atoms with E-state index in [1.807, 2.05) is 13.0 Å². The number of aryl methyl sites for hydroxylation is 1. The Balaban J connectivity index is 2.73. The molecular formula is C13H22N2O. The smallest absolute Gasteiger partial charge is 0.138 e. The van der Waals surface area contributed by atoms with Crippen molar-refractivity contribution in [1.29, 1.82) is 0 Å². The Morgan fingerprint density at radius 1 is 1.38 bits per heavy atom. The van der Waals surface area contributed by atoms with E-state index in [2.05, 4.69) is 30.7 Å². The van der Waals surface area contributed by atoms with E-state index in [1.54, 1.807) is 6.07 Å². The lowest BCUT2D eigenvalue weighted by molar-refractivity contribution is 0.242. The molecule has 90 valence electrons. The Morgan fingerprint density at radius 2 is 2.06 bits per heavy atom. The van der Waals surface area contributed by atoms with Gasteiger partial charge in [0.25, 0.3) is 0 Å². The lowest BCUT2D eigenvalue weighted by Gasteiger charge is -2.22. The Hall–Kier alpha value is -1.09. The maximum Gasteiger partial charge on any atom is 0.138 e. The highest BCUT2D eigenvalue weighted by molar-refractivity contribution is 5.27. The molecule has 0 aliphatic carbocycles. The summed E-state index contributed by atoms with van der Waals surface area (Å²) in [5.74, 6) is 0.930. The molecule has 3 nitrogen and oxygen atoms in total. The van der Waals surface area contributed by atoms with E-state index in [1.165, 1.54) is 0 Å². The highest BCUT2D eigenvalue weighted by Crippen LogP contribution is 2.17. The van der Waals surface area contributed by atoms with Crippen molar-refractivity contribution in [3.63, 3.8) is 0 Å². The molecule has 1 rings (SSSR count). The summed E-state index contributed by atoms with van der Waals surface area (Å²) < 4.78 is 0. The van der Waals surface area contributed by atoms with Gasteiger partial charge in [-0.2, -0.15) is 0 Å². The summed E-state index contributed by atoms with van der Waals surface area (Å²) in [5.41, 5.74) is 1.73. The monoisotopic (exact) mass is 222 g/mol.